The van der Waals surface area contributed by atoms with Gasteiger partial charge in [0.15, 0.2) is 0 Å². The number of anilines is 2. The van der Waals surface area contributed by atoms with E-state index in [1.165, 1.54) is 0 Å². The van der Waals surface area contributed by atoms with Crippen LogP contribution in [-0.2, 0) is 12.4 Å². The fraction of sp³-hybridized carbons (Fsp3) is 0.182. The first kappa shape index (κ1) is 14.2. The minimum atomic E-state index is -4.61. The smallest absolute Gasteiger partial charge is 0.340 e. The number of benzene rings is 1. The van der Waals surface area contributed by atoms with Crippen LogP contribution in [0.3, 0.4) is 0 Å². The quantitative estimate of drug-likeness (QED) is 0.816. The lowest BCUT2D eigenvalue weighted by Crippen LogP contribution is -2.07. The number of H-pyrrole nitrogens is 1. The van der Waals surface area contributed by atoms with E-state index in [1.807, 2.05) is 4.98 Å². The van der Waals surface area contributed by atoms with Gasteiger partial charge in [-0.3, -0.25) is 0 Å². The van der Waals surface area contributed by atoms with Crippen molar-refractivity contribution in [1.29, 1.82) is 0 Å². The Labute approximate surface area is 108 Å². The van der Waals surface area contributed by atoms with Crippen molar-refractivity contribution < 1.29 is 26.3 Å². The van der Waals surface area contributed by atoms with Crippen LogP contribution in [0.2, 0.25) is 0 Å². The van der Waals surface area contributed by atoms with Gasteiger partial charge in [-0.15, -0.1) is 0 Å². The van der Waals surface area contributed by atoms with Gasteiger partial charge in [-0.05, 0) is 24.3 Å². The lowest BCUT2D eigenvalue weighted by molar-refractivity contribution is -0.144. The van der Waals surface area contributed by atoms with Gasteiger partial charge >= 0.3 is 12.4 Å². The average Bonchev–Trinajstić information content (AvgIpc) is 2.77. The van der Waals surface area contributed by atoms with Crippen LogP contribution >= 0.6 is 0 Å². The molecule has 0 bridgehead atoms. The number of halogens is 6. The van der Waals surface area contributed by atoms with Crippen molar-refractivity contribution in [2.75, 3.05) is 5.32 Å². The van der Waals surface area contributed by atoms with E-state index in [1.54, 1.807) is 0 Å². The maximum atomic E-state index is 12.3. The van der Waals surface area contributed by atoms with Gasteiger partial charge in [0.25, 0.3) is 0 Å². The predicted molar refractivity (Wildman–Crippen MR) is 58.3 cm³/mol. The van der Waals surface area contributed by atoms with E-state index in [2.05, 4.69) is 10.3 Å². The minimum Gasteiger partial charge on any atom is -0.340 e. The normalized spacial score (nSPS) is 12.5. The summed E-state index contributed by atoms with van der Waals surface area (Å²) < 4.78 is 73.8. The van der Waals surface area contributed by atoms with Crippen molar-refractivity contribution in [2.24, 2.45) is 0 Å². The highest BCUT2D eigenvalue weighted by atomic mass is 19.4. The maximum absolute atomic E-state index is 12.3. The summed E-state index contributed by atoms with van der Waals surface area (Å²) in [7, 11) is 0. The molecule has 0 aliphatic rings. The lowest BCUT2D eigenvalue weighted by atomic mass is 10.2. The molecule has 108 valence electrons. The first-order valence-corrected chi connectivity index (χ1v) is 5.23. The third-order valence-corrected chi connectivity index (χ3v) is 2.34. The average molecular weight is 295 g/mol. The van der Waals surface area contributed by atoms with Crippen molar-refractivity contribution in [3.05, 3.63) is 41.9 Å². The summed E-state index contributed by atoms with van der Waals surface area (Å²) >= 11 is 0. The third kappa shape index (κ3) is 3.22. The predicted octanol–water partition coefficient (Wildman–Crippen LogP) is 4.19. The Bertz CT molecular complexity index is 581. The second-order valence-electron chi connectivity index (χ2n) is 3.84. The van der Waals surface area contributed by atoms with Crippen LogP contribution < -0.4 is 5.32 Å². The van der Waals surface area contributed by atoms with Gasteiger partial charge in [0.1, 0.15) is 5.82 Å². The molecule has 0 atom stereocenters. The molecule has 0 aliphatic heterocycles. The molecule has 2 aromatic rings. The second-order valence-corrected chi connectivity index (χ2v) is 3.84. The lowest BCUT2D eigenvalue weighted by Gasteiger charge is -2.08. The summed E-state index contributed by atoms with van der Waals surface area (Å²) in [4.78, 5) is 5.09. The van der Waals surface area contributed by atoms with E-state index in [0.717, 1.165) is 30.5 Å². The molecule has 0 spiro atoms. The van der Waals surface area contributed by atoms with E-state index >= 15 is 0 Å². The van der Waals surface area contributed by atoms with E-state index in [0.29, 0.717) is 0 Å². The Balaban J connectivity index is 2.13. The molecule has 1 heterocycles. The molecule has 0 unspecified atom stereocenters. The molecule has 0 amide bonds. The Hall–Kier alpha value is -2.19. The van der Waals surface area contributed by atoms with E-state index in [4.69, 9.17) is 0 Å². The zero-order valence-corrected chi connectivity index (χ0v) is 9.60. The second kappa shape index (κ2) is 4.73. The van der Waals surface area contributed by atoms with Gasteiger partial charge in [-0.2, -0.15) is 26.3 Å². The molecule has 2 N–H and O–H groups in total. The molecule has 20 heavy (non-hydrogen) atoms. The van der Waals surface area contributed by atoms with Gasteiger partial charge in [-0.1, -0.05) is 0 Å². The Morgan fingerprint density at radius 3 is 1.95 bits per heavy atom. The zero-order chi connectivity index (χ0) is 15.0. The van der Waals surface area contributed by atoms with Crippen molar-refractivity contribution in [3.8, 4) is 0 Å². The molecule has 9 heteroatoms. The van der Waals surface area contributed by atoms with Crippen LogP contribution in [0.15, 0.2) is 30.5 Å². The topological polar surface area (TPSA) is 40.7 Å². The fourth-order valence-electron chi connectivity index (χ4n) is 1.43. The summed E-state index contributed by atoms with van der Waals surface area (Å²) in [6, 6.07) is 3.86. The number of hydrogen-bond acceptors (Lipinski definition) is 2. The number of nitrogens with zero attached hydrogens (tertiary/aromatic N) is 1. The molecule has 1 aromatic carbocycles. The third-order valence-electron chi connectivity index (χ3n) is 2.34. The molecule has 0 fully saturated rings. The van der Waals surface area contributed by atoms with Crippen LogP contribution in [0.5, 0.6) is 0 Å². The van der Waals surface area contributed by atoms with Crippen LogP contribution in [0.4, 0.5) is 37.8 Å². The molecular weight excluding hydrogens is 288 g/mol. The van der Waals surface area contributed by atoms with Gasteiger partial charge in [0.05, 0.1) is 11.8 Å². The zero-order valence-electron chi connectivity index (χ0n) is 9.60. The van der Waals surface area contributed by atoms with E-state index in [-0.39, 0.29) is 11.5 Å². The molecule has 0 saturated heterocycles. The van der Waals surface area contributed by atoms with Crippen molar-refractivity contribution >= 4 is 11.5 Å². The van der Waals surface area contributed by atoms with E-state index in [9.17, 15) is 26.3 Å². The van der Waals surface area contributed by atoms with Crippen LogP contribution in [0, 0.1) is 0 Å². The van der Waals surface area contributed by atoms with Crippen molar-refractivity contribution in [3.63, 3.8) is 0 Å². The summed E-state index contributed by atoms with van der Waals surface area (Å²) in [5, 5.41) is 2.49. The summed E-state index contributed by atoms with van der Waals surface area (Å²) in [6.45, 7) is 0. The molecule has 1 aromatic heterocycles. The fourth-order valence-corrected chi connectivity index (χ4v) is 1.43. The largest absolute Gasteiger partial charge is 0.449 e. The molecule has 0 aliphatic carbocycles. The highest BCUT2D eigenvalue weighted by Gasteiger charge is 2.34. The van der Waals surface area contributed by atoms with Crippen molar-refractivity contribution in [1.82, 2.24) is 9.97 Å². The number of rotatable bonds is 2. The Kier molecular flexibility index (Phi) is 3.36. The number of nitrogens with one attached hydrogen (secondary N) is 2. The van der Waals surface area contributed by atoms with E-state index < -0.39 is 23.7 Å². The number of alkyl halides is 6. The Morgan fingerprint density at radius 1 is 0.900 bits per heavy atom. The molecule has 0 radical (unpaired) electrons. The number of hydrogen-bond donors (Lipinski definition) is 2. The minimum absolute atomic E-state index is 0.0721. The molecular formula is C11H7F6N3. The van der Waals surface area contributed by atoms with Crippen LogP contribution in [-0.4, -0.2) is 9.97 Å². The summed E-state index contributed by atoms with van der Waals surface area (Å²) in [5.74, 6) is -1.26. The summed E-state index contributed by atoms with van der Waals surface area (Å²) in [6.07, 6.45) is -8.17. The molecule has 3 nitrogen and oxygen atoms in total. The number of aromatic nitrogens is 2. The first-order chi connectivity index (χ1) is 9.16. The highest BCUT2D eigenvalue weighted by molar-refractivity contribution is 5.56. The van der Waals surface area contributed by atoms with Crippen molar-refractivity contribution in [2.45, 2.75) is 12.4 Å². The summed E-state index contributed by atoms with van der Waals surface area (Å²) in [5.41, 5.74) is -0.640. The Morgan fingerprint density at radius 2 is 1.50 bits per heavy atom. The highest BCUT2D eigenvalue weighted by Crippen LogP contribution is 2.31. The number of imidazole rings is 1. The van der Waals surface area contributed by atoms with Crippen LogP contribution in [0.25, 0.3) is 0 Å². The maximum Gasteiger partial charge on any atom is 0.449 e. The van der Waals surface area contributed by atoms with Gasteiger partial charge in [-0.25, -0.2) is 4.98 Å². The first-order valence-electron chi connectivity index (χ1n) is 5.23. The number of aromatic amines is 1. The molecule has 0 saturated carbocycles. The molecule has 2 rings (SSSR count). The van der Waals surface area contributed by atoms with Gasteiger partial charge in [0.2, 0.25) is 5.82 Å². The SMILES string of the molecule is FC(F)(F)c1ccc(Nc2cnc(C(F)(F)F)[nH]2)cc1. The van der Waals surface area contributed by atoms with Gasteiger partial charge < -0.3 is 10.3 Å². The monoisotopic (exact) mass is 295 g/mol. The van der Waals surface area contributed by atoms with Crippen LogP contribution in [0.1, 0.15) is 11.4 Å². The van der Waals surface area contributed by atoms with Gasteiger partial charge in [0, 0.05) is 5.69 Å². The standard InChI is InChI=1S/C11H7F6N3/c12-10(13,14)6-1-3-7(4-2-6)19-8-5-18-9(20-8)11(15,16)17/h1-5,19H,(H,18,20).